The largest absolute Gasteiger partial charge is 0.379 e. The van der Waals surface area contributed by atoms with E-state index in [1.165, 1.54) is 5.01 Å². The zero-order valence-electron chi connectivity index (χ0n) is 13.1. The first-order chi connectivity index (χ1) is 11.3. The van der Waals surface area contributed by atoms with Gasteiger partial charge in [0.2, 0.25) is 5.95 Å². The first-order valence-corrected chi connectivity index (χ1v) is 8.91. The Bertz CT molecular complexity index is 623. The van der Waals surface area contributed by atoms with Crippen molar-refractivity contribution in [1.82, 2.24) is 19.9 Å². The van der Waals surface area contributed by atoms with Gasteiger partial charge in [-0.3, -0.25) is 4.90 Å². The summed E-state index contributed by atoms with van der Waals surface area (Å²) in [5.74, 6) is 0.833. The molecule has 2 aromatic heterocycles. The Labute approximate surface area is 140 Å². The highest BCUT2D eigenvalue weighted by Crippen LogP contribution is 2.35. The molecule has 0 radical (unpaired) electrons. The van der Waals surface area contributed by atoms with Crippen LogP contribution in [0.1, 0.15) is 11.4 Å². The molecule has 0 saturated carbocycles. The lowest BCUT2D eigenvalue weighted by Crippen LogP contribution is -2.40. The van der Waals surface area contributed by atoms with Gasteiger partial charge in [0.05, 0.1) is 19.8 Å². The van der Waals surface area contributed by atoms with Crippen LogP contribution in [-0.4, -0.2) is 59.2 Å². The molecule has 2 fully saturated rings. The van der Waals surface area contributed by atoms with E-state index in [0.29, 0.717) is 0 Å². The summed E-state index contributed by atoms with van der Waals surface area (Å²) < 4.78 is 5.94. The lowest BCUT2D eigenvalue weighted by Gasteiger charge is -2.31. The molecule has 0 aliphatic carbocycles. The first kappa shape index (κ1) is 15.0. The van der Waals surface area contributed by atoms with Crippen molar-refractivity contribution in [2.75, 3.05) is 44.3 Å². The fraction of sp³-hybridized carbons (Fsp3) is 0.562. The highest BCUT2D eigenvalue weighted by atomic mass is 32.1. The van der Waals surface area contributed by atoms with Crippen LogP contribution in [0, 0.1) is 5.41 Å². The lowest BCUT2D eigenvalue weighted by atomic mass is 9.87. The van der Waals surface area contributed by atoms with Gasteiger partial charge in [0.25, 0.3) is 0 Å². The van der Waals surface area contributed by atoms with Gasteiger partial charge in [-0.05, 0) is 12.5 Å². The Morgan fingerprint density at radius 1 is 1.13 bits per heavy atom. The van der Waals surface area contributed by atoms with Crippen LogP contribution in [0.2, 0.25) is 0 Å². The number of hydrogen-bond acceptors (Lipinski definition) is 7. The fourth-order valence-corrected chi connectivity index (χ4v) is 4.20. The maximum atomic E-state index is 5.94. The molecule has 2 saturated heterocycles. The topological polar surface area (TPSA) is 54.4 Å². The highest BCUT2D eigenvalue weighted by Gasteiger charge is 2.41. The summed E-state index contributed by atoms with van der Waals surface area (Å²) in [6.45, 7) is 6.53. The summed E-state index contributed by atoms with van der Waals surface area (Å²) in [6, 6.07) is 1.86. The van der Waals surface area contributed by atoms with Crippen molar-refractivity contribution in [2.45, 2.75) is 13.0 Å². The van der Waals surface area contributed by atoms with Gasteiger partial charge in [-0.25, -0.2) is 15.0 Å². The van der Waals surface area contributed by atoms with Crippen LogP contribution >= 0.6 is 11.3 Å². The van der Waals surface area contributed by atoms with Gasteiger partial charge in [0, 0.05) is 55.6 Å². The van der Waals surface area contributed by atoms with Gasteiger partial charge >= 0.3 is 0 Å². The average molecular weight is 331 g/mol. The van der Waals surface area contributed by atoms with Crippen LogP contribution in [0.5, 0.6) is 0 Å². The van der Waals surface area contributed by atoms with E-state index in [1.54, 1.807) is 11.3 Å². The van der Waals surface area contributed by atoms with E-state index in [-0.39, 0.29) is 5.41 Å². The van der Waals surface area contributed by atoms with Crippen LogP contribution in [0.25, 0.3) is 0 Å². The van der Waals surface area contributed by atoms with Crippen LogP contribution in [-0.2, 0) is 11.3 Å². The smallest absolute Gasteiger partial charge is 0.225 e. The van der Waals surface area contributed by atoms with Crippen molar-refractivity contribution in [2.24, 2.45) is 5.41 Å². The second-order valence-electron chi connectivity index (χ2n) is 6.41. The molecule has 4 rings (SSSR count). The fourth-order valence-electron chi connectivity index (χ4n) is 3.55. The Kier molecular flexibility index (Phi) is 4.24. The molecule has 122 valence electrons. The summed E-state index contributed by atoms with van der Waals surface area (Å²) in [5, 5.41) is 3.23. The molecule has 4 heterocycles. The predicted octanol–water partition coefficient (Wildman–Crippen LogP) is 1.66. The number of anilines is 1. The molecule has 7 heteroatoms. The molecule has 0 N–H and O–H groups in total. The Balaban J connectivity index is 1.46. The van der Waals surface area contributed by atoms with Crippen molar-refractivity contribution in [3.63, 3.8) is 0 Å². The zero-order chi connectivity index (χ0) is 15.5. The molecule has 2 aromatic rings. The SMILES string of the molecule is c1cnc(N2CC[C@@]3(COCCN(Cc4nccs4)C3)C2)nc1. The summed E-state index contributed by atoms with van der Waals surface area (Å²) in [5.41, 5.74) is 0.174. The van der Waals surface area contributed by atoms with Crippen molar-refractivity contribution < 1.29 is 4.74 Å². The summed E-state index contributed by atoms with van der Waals surface area (Å²) in [4.78, 5) is 18.0. The number of hydrogen-bond donors (Lipinski definition) is 0. The molecule has 2 aliphatic heterocycles. The molecule has 0 amide bonds. The van der Waals surface area contributed by atoms with Crippen LogP contribution in [0.3, 0.4) is 0 Å². The first-order valence-electron chi connectivity index (χ1n) is 8.04. The molecular formula is C16H21N5OS. The minimum absolute atomic E-state index is 0.174. The van der Waals surface area contributed by atoms with Crippen molar-refractivity contribution >= 4 is 17.3 Å². The van der Waals surface area contributed by atoms with Crippen LogP contribution < -0.4 is 4.90 Å². The van der Waals surface area contributed by atoms with E-state index in [4.69, 9.17) is 4.74 Å². The van der Waals surface area contributed by atoms with E-state index in [9.17, 15) is 0 Å². The third-order valence-corrected chi connectivity index (χ3v) is 5.40. The van der Waals surface area contributed by atoms with Gasteiger partial charge in [0.15, 0.2) is 0 Å². The third kappa shape index (κ3) is 3.36. The highest BCUT2D eigenvalue weighted by molar-refractivity contribution is 7.09. The maximum Gasteiger partial charge on any atom is 0.225 e. The second kappa shape index (κ2) is 6.51. The number of rotatable bonds is 3. The van der Waals surface area contributed by atoms with E-state index >= 15 is 0 Å². The summed E-state index contributed by atoms with van der Waals surface area (Å²) in [7, 11) is 0. The minimum Gasteiger partial charge on any atom is -0.379 e. The third-order valence-electron chi connectivity index (χ3n) is 4.63. The number of ether oxygens (including phenoxy) is 1. The lowest BCUT2D eigenvalue weighted by molar-refractivity contribution is 0.0798. The van der Waals surface area contributed by atoms with E-state index in [2.05, 4.69) is 24.8 Å². The number of thiazole rings is 1. The Hall–Kier alpha value is -1.57. The monoisotopic (exact) mass is 331 g/mol. The molecule has 2 aliphatic rings. The molecule has 1 spiro atoms. The van der Waals surface area contributed by atoms with Gasteiger partial charge in [0.1, 0.15) is 5.01 Å². The molecule has 6 nitrogen and oxygen atoms in total. The Morgan fingerprint density at radius 3 is 2.87 bits per heavy atom. The minimum atomic E-state index is 0.174. The predicted molar refractivity (Wildman–Crippen MR) is 89.5 cm³/mol. The standard InChI is InChI=1S/C16H21N5OS/c1-3-18-15(19-4-1)21-6-2-16(12-21)11-20(7-8-22-13-16)10-14-17-5-9-23-14/h1,3-5,9H,2,6-8,10-13H2/t16-/m0/s1. The van der Waals surface area contributed by atoms with E-state index < -0.39 is 0 Å². The summed E-state index contributed by atoms with van der Waals surface area (Å²) in [6.07, 6.45) is 6.63. The zero-order valence-corrected chi connectivity index (χ0v) is 13.9. The molecule has 0 aromatic carbocycles. The number of nitrogens with zero attached hydrogens (tertiary/aromatic N) is 5. The molecule has 0 bridgehead atoms. The summed E-state index contributed by atoms with van der Waals surface area (Å²) >= 11 is 1.73. The molecule has 0 unspecified atom stereocenters. The quantitative estimate of drug-likeness (QED) is 0.853. The number of aromatic nitrogens is 3. The molecular weight excluding hydrogens is 310 g/mol. The van der Waals surface area contributed by atoms with Crippen molar-refractivity contribution in [3.05, 3.63) is 35.0 Å². The van der Waals surface area contributed by atoms with Gasteiger partial charge in [-0.15, -0.1) is 11.3 Å². The normalized spacial score (nSPS) is 25.8. The van der Waals surface area contributed by atoms with Crippen molar-refractivity contribution in [1.29, 1.82) is 0 Å². The van der Waals surface area contributed by atoms with Gasteiger partial charge < -0.3 is 9.64 Å². The average Bonchev–Trinajstić information content (AvgIpc) is 3.18. The van der Waals surface area contributed by atoms with Gasteiger partial charge in [-0.2, -0.15) is 0 Å². The molecule has 1 atom stereocenters. The van der Waals surface area contributed by atoms with Crippen LogP contribution in [0.4, 0.5) is 5.95 Å². The van der Waals surface area contributed by atoms with E-state index in [1.807, 2.05) is 30.0 Å². The second-order valence-corrected chi connectivity index (χ2v) is 7.39. The van der Waals surface area contributed by atoms with Crippen LogP contribution in [0.15, 0.2) is 30.0 Å². The Morgan fingerprint density at radius 2 is 2.04 bits per heavy atom. The molecule has 23 heavy (non-hydrogen) atoms. The van der Waals surface area contributed by atoms with Crippen molar-refractivity contribution in [3.8, 4) is 0 Å². The maximum absolute atomic E-state index is 5.94. The van der Waals surface area contributed by atoms with E-state index in [0.717, 1.165) is 58.3 Å². The van der Waals surface area contributed by atoms with Gasteiger partial charge in [-0.1, -0.05) is 0 Å².